The predicted molar refractivity (Wildman–Crippen MR) is 104 cm³/mol. The molecule has 0 aromatic heterocycles. The van der Waals surface area contributed by atoms with Crippen LogP contribution >= 0.6 is 0 Å². The fraction of sp³-hybridized carbons (Fsp3) is 0.850. The van der Waals surface area contributed by atoms with Gasteiger partial charge in [0.15, 0.2) is 0 Å². The van der Waals surface area contributed by atoms with Crippen LogP contribution in [-0.4, -0.2) is 53.7 Å². The number of unbranched alkanes of at least 4 members (excludes halogenated alkanes) is 1. The van der Waals surface area contributed by atoms with E-state index in [0.717, 1.165) is 32.0 Å². The lowest BCUT2D eigenvalue weighted by molar-refractivity contribution is -0.140. The number of hydrogen-bond donors (Lipinski definition) is 2. The molecule has 0 bridgehead atoms. The number of carbonyl (C=O) groups excluding carboxylic acids is 3. The van der Waals surface area contributed by atoms with E-state index in [-0.39, 0.29) is 23.8 Å². The molecular formula is C20H37N3O3. The second kappa shape index (κ2) is 11.3. The van der Waals surface area contributed by atoms with Crippen LogP contribution in [0.3, 0.4) is 0 Å². The Labute approximate surface area is 158 Å². The van der Waals surface area contributed by atoms with Gasteiger partial charge in [-0.05, 0) is 18.8 Å². The standard InChI is InChI=1S/C20H37N3O3/c1-6-9-10-15(7-2)19(22-18(25)8-3)20(26)23-12-16(21-14(4)5)11-17(23)13-24/h13-17,19,21H,6-12H2,1-5H3,(H,22,25). The summed E-state index contributed by atoms with van der Waals surface area (Å²) in [4.78, 5) is 38.5. The molecule has 1 rings (SSSR count). The largest absolute Gasteiger partial charge is 0.344 e. The summed E-state index contributed by atoms with van der Waals surface area (Å²) in [7, 11) is 0. The van der Waals surface area contributed by atoms with Crippen LogP contribution in [0.1, 0.15) is 73.1 Å². The lowest BCUT2D eigenvalue weighted by atomic mass is 9.90. The maximum absolute atomic E-state index is 13.3. The first-order chi connectivity index (χ1) is 12.4. The van der Waals surface area contributed by atoms with Crippen LogP contribution in [0.5, 0.6) is 0 Å². The van der Waals surface area contributed by atoms with E-state index in [1.54, 1.807) is 11.8 Å². The molecule has 4 unspecified atom stereocenters. The molecule has 1 fully saturated rings. The van der Waals surface area contributed by atoms with Crippen molar-refractivity contribution in [3.05, 3.63) is 0 Å². The fourth-order valence-electron chi connectivity index (χ4n) is 3.75. The van der Waals surface area contributed by atoms with Crippen LogP contribution in [0.4, 0.5) is 0 Å². The maximum Gasteiger partial charge on any atom is 0.246 e. The second-order valence-electron chi connectivity index (χ2n) is 7.66. The third kappa shape index (κ3) is 6.38. The van der Waals surface area contributed by atoms with Gasteiger partial charge in [-0.1, -0.05) is 53.9 Å². The van der Waals surface area contributed by atoms with Crippen LogP contribution in [0, 0.1) is 5.92 Å². The Morgan fingerprint density at radius 3 is 2.42 bits per heavy atom. The molecule has 4 atom stereocenters. The third-order valence-corrected chi connectivity index (χ3v) is 5.18. The van der Waals surface area contributed by atoms with E-state index < -0.39 is 12.1 Å². The Balaban J connectivity index is 2.97. The Kier molecular flexibility index (Phi) is 9.84. The summed E-state index contributed by atoms with van der Waals surface area (Å²) in [6.07, 6.45) is 5.66. The molecule has 0 radical (unpaired) electrons. The second-order valence-corrected chi connectivity index (χ2v) is 7.66. The van der Waals surface area contributed by atoms with Gasteiger partial charge in [0.25, 0.3) is 0 Å². The topological polar surface area (TPSA) is 78.5 Å². The monoisotopic (exact) mass is 367 g/mol. The Bertz CT molecular complexity index is 467. The van der Waals surface area contributed by atoms with Gasteiger partial charge in [-0.3, -0.25) is 9.59 Å². The van der Waals surface area contributed by atoms with E-state index in [0.29, 0.717) is 25.4 Å². The molecule has 1 aliphatic rings. The lowest BCUT2D eigenvalue weighted by Crippen LogP contribution is -2.54. The average molecular weight is 368 g/mol. The Morgan fingerprint density at radius 1 is 1.23 bits per heavy atom. The molecule has 2 N–H and O–H groups in total. The summed E-state index contributed by atoms with van der Waals surface area (Å²) in [6, 6.07) is -0.541. The summed E-state index contributed by atoms with van der Waals surface area (Å²) in [5, 5.41) is 6.36. The summed E-state index contributed by atoms with van der Waals surface area (Å²) in [5.41, 5.74) is 0. The fourth-order valence-corrected chi connectivity index (χ4v) is 3.75. The molecule has 6 heteroatoms. The smallest absolute Gasteiger partial charge is 0.246 e. The van der Waals surface area contributed by atoms with E-state index in [1.165, 1.54) is 0 Å². The minimum atomic E-state index is -0.542. The highest BCUT2D eigenvalue weighted by atomic mass is 16.2. The highest BCUT2D eigenvalue weighted by Gasteiger charge is 2.40. The summed E-state index contributed by atoms with van der Waals surface area (Å²) in [5.74, 6) is -0.126. The van der Waals surface area contributed by atoms with Crippen LogP contribution in [-0.2, 0) is 14.4 Å². The minimum Gasteiger partial charge on any atom is -0.344 e. The van der Waals surface area contributed by atoms with Gasteiger partial charge in [0, 0.05) is 25.0 Å². The van der Waals surface area contributed by atoms with Crippen LogP contribution in [0.15, 0.2) is 0 Å². The molecule has 1 saturated heterocycles. The molecule has 150 valence electrons. The van der Waals surface area contributed by atoms with Crippen molar-refractivity contribution in [2.24, 2.45) is 5.92 Å². The molecule has 0 saturated carbocycles. The number of likely N-dealkylation sites (tertiary alicyclic amines) is 1. The van der Waals surface area contributed by atoms with Crippen molar-refractivity contribution >= 4 is 18.1 Å². The van der Waals surface area contributed by atoms with Gasteiger partial charge in [-0.2, -0.15) is 0 Å². The normalized spacial score (nSPS) is 22.3. The molecule has 26 heavy (non-hydrogen) atoms. The summed E-state index contributed by atoms with van der Waals surface area (Å²) < 4.78 is 0. The van der Waals surface area contributed by atoms with Crippen LogP contribution in [0.25, 0.3) is 0 Å². The molecular weight excluding hydrogens is 330 g/mol. The molecule has 0 spiro atoms. The van der Waals surface area contributed by atoms with Crippen molar-refractivity contribution in [2.75, 3.05) is 6.54 Å². The van der Waals surface area contributed by atoms with E-state index >= 15 is 0 Å². The molecule has 6 nitrogen and oxygen atoms in total. The van der Waals surface area contributed by atoms with Gasteiger partial charge in [-0.25, -0.2) is 0 Å². The number of nitrogens with zero attached hydrogens (tertiary/aromatic N) is 1. The van der Waals surface area contributed by atoms with Crippen LogP contribution in [0.2, 0.25) is 0 Å². The number of rotatable bonds is 11. The number of hydrogen-bond acceptors (Lipinski definition) is 4. The number of amides is 2. The minimum absolute atomic E-state index is 0.0994. The van der Waals surface area contributed by atoms with Crippen molar-refractivity contribution in [1.29, 1.82) is 0 Å². The average Bonchev–Trinajstić information content (AvgIpc) is 3.02. The predicted octanol–water partition coefficient (Wildman–Crippen LogP) is 2.26. The van der Waals surface area contributed by atoms with Gasteiger partial charge in [0.2, 0.25) is 11.8 Å². The van der Waals surface area contributed by atoms with E-state index in [1.807, 2.05) is 0 Å². The molecule has 0 aliphatic carbocycles. The third-order valence-electron chi connectivity index (χ3n) is 5.18. The first-order valence-corrected chi connectivity index (χ1v) is 10.2. The molecule has 0 aromatic rings. The van der Waals surface area contributed by atoms with Crippen molar-refractivity contribution in [3.63, 3.8) is 0 Å². The first-order valence-electron chi connectivity index (χ1n) is 10.2. The zero-order chi connectivity index (χ0) is 19.7. The number of nitrogens with one attached hydrogen (secondary N) is 2. The number of carbonyl (C=O) groups is 3. The van der Waals surface area contributed by atoms with Gasteiger partial charge in [0.05, 0.1) is 6.04 Å². The van der Waals surface area contributed by atoms with Gasteiger partial charge >= 0.3 is 0 Å². The Morgan fingerprint density at radius 2 is 1.92 bits per heavy atom. The van der Waals surface area contributed by atoms with Gasteiger partial charge in [-0.15, -0.1) is 0 Å². The SMILES string of the molecule is CCCCC(CC)C(NC(=O)CC)C(=O)N1CC(NC(C)C)CC1C=O. The zero-order valence-corrected chi connectivity index (χ0v) is 17.1. The lowest BCUT2D eigenvalue weighted by Gasteiger charge is -2.32. The number of aldehydes is 1. The highest BCUT2D eigenvalue weighted by Crippen LogP contribution is 2.24. The molecule has 1 aliphatic heterocycles. The summed E-state index contributed by atoms with van der Waals surface area (Å²) in [6.45, 7) is 10.6. The molecule has 0 aromatic carbocycles. The quantitative estimate of drug-likeness (QED) is 0.549. The Hall–Kier alpha value is -1.43. The summed E-state index contributed by atoms with van der Waals surface area (Å²) >= 11 is 0. The van der Waals surface area contributed by atoms with Gasteiger partial charge < -0.3 is 20.3 Å². The molecule has 2 amide bonds. The zero-order valence-electron chi connectivity index (χ0n) is 17.1. The van der Waals surface area contributed by atoms with Crippen molar-refractivity contribution < 1.29 is 14.4 Å². The molecule has 1 heterocycles. The van der Waals surface area contributed by atoms with Crippen molar-refractivity contribution in [1.82, 2.24) is 15.5 Å². The van der Waals surface area contributed by atoms with E-state index in [2.05, 4.69) is 38.3 Å². The van der Waals surface area contributed by atoms with Gasteiger partial charge in [0.1, 0.15) is 12.3 Å². The van der Waals surface area contributed by atoms with E-state index in [4.69, 9.17) is 0 Å². The van der Waals surface area contributed by atoms with Crippen molar-refractivity contribution in [2.45, 2.75) is 97.3 Å². The van der Waals surface area contributed by atoms with Crippen LogP contribution < -0.4 is 10.6 Å². The first kappa shape index (κ1) is 22.6. The van der Waals surface area contributed by atoms with E-state index in [9.17, 15) is 14.4 Å². The van der Waals surface area contributed by atoms with Crippen molar-refractivity contribution in [3.8, 4) is 0 Å². The highest BCUT2D eigenvalue weighted by molar-refractivity contribution is 5.89. The maximum atomic E-state index is 13.3.